The second-order valence-corrected chi connectivity index (χ2v) is 8.17. The fourth-order valence-electron chi connectivity index (χ4n) is 3.56. The third-order valence-electron chi connectivity index (χ3n) is 5.57. The number of carbonyl (C=O) groups excluding carboxylic acids is 2. The minimum absolute atomic E-state index is 0. The van der Waals surface area contributed by atoms with Crippen LogP contribution in [0.5, 0.6) is 5.75 Å². The monoisotopic (exact) mass is 565 g/mol. The molecule has 9 nitrogen and oxygen atoms in total. The summed E-state index contributed by atoms with van der Waals surface area (Å²) in [6.07, 6.45) is -0.197. The zero-order chi connectivity index (χ0) is 27.3. The maximum atomic E-state index is 13.5. The number of carboxylic acids is 2. The van der Waals surface area contributed by atoms with E-state index in [9.17, 15) is 33.4 Å². The molecule has 4 rings (SSSR count). The van der Waals surface area contributed by atoms with Crippen LogP contribution in [0, 0.1) is 18.6 Å². The smallest absolute Gasteiger partial charge is 0.550 e. The van der Waals surface area contributed by atoms with Crippen LogP contribution >= 0.6 is 0 Å². The molecule has 0 saturated heterocycles. The van der Waals surface area contributed by atoms with Gasteiger partial charge >= 0.3 is 35.5 Å². The number of halogens is 2. The molecule has 6 N–H and O–H groups in total. The number of aryl methyl sites for hydroxylation is 1. The molecule has 3 aromatic carbocycles. The number of aromatic hydroxyl groups is 1. The average Bonchev–Trinajstić information content (AvgIpc) is 3.19. The maximum absolute atomic E-state index is 13.5. The Morgan fingerprint density at radius 2 is 1.52 bits per heavy atom. The molecule has 0 bridgehead atoms. The van der Waals surface area contributed by atoms with E-state index in [1.54, 1.807) is 35.9 Å². The van der Waals surface area contributed by atoms with E-state index in [0.29, 0.717) is 23.0 Å². The van der Waals surface area contributed by atoms with Crippen LogP contribution in [0.3, 0.4) is 0 Å². The standard InChI is InChI=1S/C15H15NO3.C13H8F2O3.Na.2H2O/c1-10-3-5-11(6-4-10)15(19)13-8-7-12(16(13)2)9-14(17)18;14-8-2-3-9(11(15)6-8)7-1-4-12(16)10(5-7)13(17)18;;;/h3-8H,9H2,1-2H3,(H,17,18);1-6,16H,(H,17,18);;2*1H2/q;;+1;;/p-1. The Balaban J connectivity index is 0.000000708. The zero-order valence-electron chi connectivity index (χ0n) is 21.9. The Bertz CT molecular complexity index is 1490. The van der Waals surface area contributed by atoms with Crippen molar-refractivity contribution in [2.24, 2.45) is 7.05 Å². The van der Waals surface area contributed by atoms with Crippen LogP contribution in [-0.4, -0.2) is 43.5 Å². The van der Waals surface area contributed by atoms with Crippen molar-refractivity contribution >= 4 is 17.7 Å². The third kappa shape index (κ3) is 8.83. The fraction of sp³-hybridized carbons (Fsp3) is 0.107. The van der Waals surface area contributed by atoms with Gasteiger partial charge < -0.3 is 35.6 Å². The summed E-state index contributed by atoms with van der Waals surface area (Å²) < 4.78 is 27.9. The number of hydrogen-bond acceptors (Lipinski definition) is 5. The Kier molecular flexibility index (Phi) is 14.1. The molecule has 1 aromatic heterocycles. The first-order valence-corrected chi connectivity index (χ1v) is 11.0. The summed E-state index contributed by atoms with van der Waals surface area (Å²) in [7, 11) is 1.68. The topological polar surface area (TPSA) is 183 Å². The molecule has 0 fully saturated rings. The molecule has 0 atom stereocenters. The molecule has 0 aliphatic heterocycles. The maximum Gasteiger partial charge on any atom is 1.00 e. The number of carboxylic acid groups (broad SMARTS) is 2. The number of aromatic nitrogens is 1. The van der Waals surface area contributed by atoms with Crippen LogP contribution in [0.1, 0.15) is 37.7 Å². The van der Waals surface area contributed by atoms with Crippen LogP contribution in [-0.2, 0) is 18.3 Å². The number of hydrogen-bond donors (Lipinski definition) is 2. The number of aromatic carboxylic acids is 1. The van der Waals surface area contributed by atoms with Gasteiger partial charge in [0.05, 0.1) is 5.69 Å². The number of carbonyl (C=O) groups is 3. The molecule has 0 aliphatic rings. The van der Waals surface area contributed by atoms with E-state index in [1.807, 2.05) is 19.1 Å². The first-order valence-electron chi connectivity index (χ1n) is 11.0. The van der Waals surface area contributed by atoms with Gasteiger partial charge in [0.1, 0.15) is 22.9 Å². The number of phenols is 1. The van der Waals surface area contributed by atoms with Gasteiger partial charge in [-0.3, -0.25) is 4.79 Å². The number of aliphatic carboxylic acids is 1. The van der Waals surface area contributed by atoms with Crippen LogP contribution < -0.4 is 34.7 Å². The minimum Gasteiger partial charge on any atom is -0.550 e. The first-order chi connectivity index (χ1) is 17.5. The number of rotatable bonds is 6. The number of nitrogens with zero attached hydrogens (tertiary/aromatic N) is 1. The summed E-state index contributed by atoms with van der Waals surface area (Å²) in [6.45, 7) is 1.95. The zero-order valence-corrected chi connectivity index (χ0v) is 23.9. The van der Waals surface area contributed by atoms with Crippen molar-refractivity contribution in [1.29, 1.82) is 0 Å². The van der Waals surface area contributed by atoms with E-state index >= 15 is 0 Å². The average molecular weight is 566 g/mol. The van der Waals surface area contributed by atoms with E-state index in [2.05, 4.69) is 0 Å². The van der Waals surface area contributed by atoms with E-state index in [4.69, 9.17) is 5.11 Å². The molecule has 0 unspecified atom stereocenters. The Hall–Kier alpha value is -3.87. The summed E-state index contributed by atoms with van der Waals surface area (Å²) in [4.78, 5) is 33.7. The van der Waals surface area contributed by atoms with Crippen LogP contribution in [0.2, 0.25) is 0 Å². The molecule has 4 aromatic rings. The molecule has 0 amide bonds. The molecule has 0 aliphatic carbocycles. The van der Waals surface area contributed by atoms with Crippen molar-refractivity contribution in [3.8, 4) is 16.9 Å². The molecule has 0 radical (unpaired) electrons. The van der Waals surface area contributed by atoms with Crippen molar-refractivity contribution < 1.29 is 79.0 Å². The summed E-state index contributed by atoms with van der Waals surface area (Å²) in [5.41, 5.74) is 2.68. The van der Waals surface area contributed by atoms with Gasteiger partial charge in [0.25, 0.3) is 0 Å². The Morgan fingerprint density at radius 3 is 2.08 bits per heavy atom. The van der Waals surface area contributed by atoms with Gasteiger partial charge in [0.2, 0.25) is 5.78 Å². The van der Waals surface area contributed by atoms with Gasteiger partial charge in [-0.25, -0.2) is 13.6 Å². The quantitative estimate of drug-likeness (QED) is 0.229. The fourth-order valence-corrected chi connectivity index (χ4v) is 3.56. The van der Waals surface area contributed by atoms with Gasteiger partial charge in [0, 0.05) is 42.3 Å². The second kappa shape index (κ2) is 15.7. The predicted molar refractivity (Wildman–Crippen MR) is 136 cm³/mol. The second-order valence-electron chi connectivity index (χ2n) is 8.17. The molecule has 0 spiro atoms. The van der Waals surface area contributed by atoms with Crippen molar-refractivity contribution in [3.63, 3.8) is 0 Å². The van der Waals surface area contributed by atoms with Crippen molar-refractivity contribution in [3.05, 3.63) is 113 Å². The van der Waals surface area contributed by atoms with Crippen molar-refractivity contribution in [1.82, 2.24) is 4.57 Å². The number of benzene rings is 3. The summed E-state index contributed by atoms with van der Waals surface area (Å²) in [6, 6.07) is 17.2. The van der Waals surface area contributed by atoms with Gasteiger partial charge in [0.15, 0.2) is 0 Å². The molecule has 0 saturated carbocycles. The van der Waals surface area contributed by atoms with Crippen LogP contribution in [0.4, 0.5) is 8.78 Å². The normalized spacial score (nSPS) is 9.60. The summed E-state index contributed by atoms with van der Waals surface area (Å²) >= 11 is 0. The third-order valence-corrected chi connectivity index (χ3v) is 5.57. The van der Waals surface area contributed by atoms with Gasteiger partial charge in [-0.1, -0.05) is 35.9 Å². The van der Waals surface area contributed by atoms with Crippen LogP contribution in [0.25, 0.3) is 11.1 Å². The van der Waals surface area contributed by atoms with Gasteiger partial charge in [-0.05, 0) is 48.9 Å². The SMILES string of the molecule is Cc1ccc(C(=O)c2ccc(CC(=O)[O-])n2C)cc1.O.O.O=C(O)c1cc(-c2ccc(F)cc2F)ccc1O.[Na+]. The van der Waals surface area contributed by atoms with Gasteiger partial charge in [-0.15, -0.1) is 0 Å². The van der Waals surface area contributed by atoms with E-state index in [0.717, 1.165) is 23.8 Å². The van der Waals surface area contributed by atoms with Gasteiger partial charge in [-0.2, -0.15) is 0 Å². The Morgan fingerprint density at radius 1 is 0.900 bits per heavy atom. The molecule has 206 valence electrons. The molecular formula is C28H26F2NNaO8. The molecule has 12 heteroatoms. The Labute approximate surface area is 250 Å². The van der Waals surface area contributed by atoms with E-state index < -0.39 is 29.3 Å². The number of ketones is 1. The molecular weight excluding hydrogens is 539 g/mol. The van der Waals surface area contributed by atoms with Crippen molar-refractivity contribution in [2.45, 2.75) is 13.3 Å². The molecule has 1 heterocycles. The molecule has 40 heavy (non-hydrogen) atoms. The first kappa shape index (κ1) is 36.1. The predicted octanol–water partition coefficient (Wildman–Crippen LogP) is -0.753. The van der Waals surface area contributed by atoms with E-state index in [1.165, 1.54) is 12.1 Å². The van der Waals surface area contributed by atoms with E-state index in [-0.39, 0.29) is 69.4 Å². The largest absolute Gasteiger partial charge is 1.00 e. The summed E-state index contributed by atoms with van der Waals surface area (Å²) in [5.74, 6) is -4.52. The minimum atomic E-state index is -1.32. The van der Waals surface area contributed by atoms with Crippen LogP contribution in [0.15, 0.2) is 72.8 Å². The van der Waals surface area contributed by atoms with Crippen molar-refractivity contribution in [2.75, 3.05) is 0 Å². The summed E-state index contributed by atoms with van der Waals surface area (Å²) in [5, 5.41) is 28.8.